The Morgan fingerprint density at radius 3 is 2.55 bits per heavy atom. The summed E-state index contributed by atoms with van der Waals surface area (Å²) in [6, 6.07) is 14.7. The van der Waals surface area contributed by atoms with E-state index in [9.17, 15) is 0 Å². The third kappa shape index (κ3) is 2.54. The Balaban J connectivity index is 2.07. The lowest BCUT2D eigenvalue weighted by molar-refractivity contribution is 0.0291. The SMILES string of the molecule is NC(=S)C(c1cccc2ccccc12)N1CCOCC1. The monoisotopic (exact) mass is 286 g/mol. The van der Waals surface area contributed by atoms with Gasteiger partial charge in [0.1, 0.15) is 0 Å². The molecule has 104 valence electrons. The summed E-state index contributed by atoms with van der Waals surface area (Å²) in [6.45, 7) is 3.21. The maximum atomic E-state index is 6.04. The molecule has 3 nitrogen and oxygen atoms in total. The Bertz CT molecular complexity index is 617. The van der Waals surface area contributed by atoms with Gasteiger partial charge in [-0.15, -0.1) is 0 Å². The molecule has 2 aromatic carbocycles. The summed E-state index contributed by atoms with van der Waals surface area (Å²) < 4.78 is 5.43. The van der Waals surface area contributed by atoms with Crippen LogP contribution in [0.1, 0.15) is 11.6 Å². The van der Waals surface area contributed by atoms with Crippen LogP contribution in [0, 0.1) is 0 Å². The van der Waals surface area contributed by atoms with Crippen LogP contribution in [0.25, 0.3) is 10.8 Å². The second kappa shape index (κ2) is 5.87. The Morgan fingerprint density at radius 1 is 1.10 bits per heavy atom. The molecule has 2 aromatic rings. The van der Waals surface area contributed by atoms with Crippen LogP contribution < -0.4 is 5.73 Å². The number of hydrogen-bond donors (Lipinski definition) is 1. The van der Waals surface area contributed by atoms with Crippen LogP contribution in [-0.2, 0) is 4.74 Å². The molecular formula is C16H18N2OS. The van der Waals surface area contributed by atoms with Gasteiger partial charge >= 0.3 is 0 Å². The Labute approximate surface area is 124 Å². The highest BCUT2D eigenvalue weighted by molar-refractivity contribution is 7.80. The van der Waals surface area contributed by atoms with Crippen molar-refractivity contribution in [2.75, 3.05) is 26.3 Å². The van der Waals surface area contributed by atoms with Crippen LogP contribution in [0.15, 0.2) is 42.5 Å². The highest BCUT2D eigenvalue weighted by Gasteiger charge is 2.26. The van der Waals surface area contributed by atoms with Crippen LogP contribution in [0.3, 0.4) is 0 Å². The Hall–Kier alpha value is -1.49. The van der Waals surface area contributed by atoms with E-state index in [1.165, 1.54) is 16.3 Å². The minimum absolute atomic E-state index is 0.0139. The van der Waals surface area contributed by atoms with Crippen LogP contribution >= 0.6 is 12.2 Å². The van der Waals surface area contributed by atoms with Gasteiger partial charge in [0, 0.05) is 13.1 Å². The maximum Gasteiger partial charge on any atom is 0.0948 e. The molecule has 2 N–H and O–H groups in total. The average molecular weight is 286 g/mol. The molecule has 4 heteroatoms. The van der Waals surface area contributed by atoms with Gasteiger partial charge < -0.3 is 10.5 Å². The van der Waals surface area contributed by atoms with Crippen molar-refractivity contribution in [1.29, 1.82) is 0 Å². The minimum atomic E-state index is -0.0139. The molecule has 0 aromatic heterocycles. The molecule has 1 aliphatic heterocycles. The molecule has 0 amide bonds. The van der Waals surface area contributed by atoms with Crippen molar-refractivity contribution in [3.05, 3.63) is 48.0 Å². The quantitative estimate of drug-likeness (QED) is 0.880. The molecule has 0 spiro atoms. The fraction of sp³-hybridized carbons (Fsp3) is 0.312. The minimum Gasteiger partial charge on any atom is -0.392 e. The number of benzene rings is 2. The first kappa shape index (κ1) is 13.5. The van der Waals surface area contributed by atoms with Gasteiger partial charge in [0.25, 0.3) is 0 Å². The maximum absolute atomic E-state index is 6.04. The number of nitrogens with two attached hydrogens (primary N) is 1. The summed E-state index contributed by atoms with van der Waals surface area (Å²) >= 11 is 5.34. The third-order valence-electron chi connectivity index (χ3n) is 3.80. The van der Waals surface area contributed by atoms with Crippen molar-refractivity contribution in [3.8, 4) is 0 Å². The fourth-order valence-corrected chi connectivity index (χ4v) is 3.13. The van der Waals surface area contributed by atoms with E-state index in [4.69, 9.17) is 22.7 Å². The molecule has 1 saturated heterocycles. The van der Waals surface area contributed by atoms with E-state index in [-0.39, 0.29) is 6.04 Å². The summed E-state index contributed by atoms with van der Waals surface area (Å²) in [5.74, 6) is 0. The summed E-state index contributed by atoms with van der Waals surface area (Å²) in [5.41, 5.74) is 7.23. The third-order valence-corrected chi connectivity index (χ3v) is 4.02. The van der Waals surface area contributed by atoms with Gasteiger partial charge in [0.2, 0.25) is 0 Å². The zero-order chi connectivity index (χ0) is 13.9. The van der Waals surface area contributed by atoms with Crippen molar-refractivity contribution in [3.63, 3.8) is 0 Å². The second-order valence-electron chi connectivity index (χ2n) is 5.02. The fourth-order valence-electron chi connectivity index (χ4n) is 2.85. The zero-order valence-electron chi connectivity index (χ0n) is 11.3. The van der Waals surface area contributed by atoms with Crippen LogP contribution in [0.5, 0.6) is 0 Å². The van der Waals surface area contributed by atoms with E-state index < -0.39 is 0 Å². The van der Waals surface area contributed by atoms with E-state index in [1.54, 1.807) is 0 Å². The first-order valence-corrected chi connectivity index (χ1v) is 7.27. The van der Waals surface area contributed by atoms with Crippen molar-refractivity contribution < 1.29 is 4.74 Å². The van der Waals surface area contributed by atoms with Crippen molar-refractivity contribution in [2.24, 2.45) is 5.73 Å². The summed E-state index contributed by atoms with van der Waals surface area (Å²) in [6.07, 6.45) is 0. The van der Waals surface area contributed by atoms with Gasteiger partial charge in [-0.25, -0.2) is 0 Å². The van der Waals surface area contributed by atoms with Gasteiger partial charge in [0.05, 0.1) is 24.2 Å². The van der Waals surface area contributed by atoms with Gasteiger partial charge in [-0.1, -0.05) is 54.7 Å². The second-order valence-corrected chi connectivity index (χ2v) is 5.49. The number of morpholine rings is 1. The molecule has 1 fully saturated rings. The van der Waals surface area contributed by atoms with E-state index in [1.807, 2.05) is 0 Å². The van der Waals surface area contributed by atoms with E-state index in [0.717, 1.165) is 26.3 Å². The summed E-state index contributed by atoms with van der Waals surface area (Å²) in [7, 11) is 0. The number of ether oxygens (including phenoxy) is 1. The van der Waals surface area contributed by atoms with Crippen molar-refractivity contribution in [1.82, 2.24) is 4.90 Å². The van der Waals surface area contributed by atoms with E-state index >= 15 is 0 Å². The van der Waals surface area contributed by atoms with Gasteiger partial charge in [-0.05, 0) is 16.3 Å². The number of fused-ring (bicyclic) bond motifs is 1. The van der Waals surface area contributed by atoms with Gasteiger partial charge in [-0.3, -0.25) is 4.90 Å². The lowest BCUT2D eigenvalue weighted by Crippen LogP contribution is -2.43. The van der Waals surface area contributed by atoms with Crippen molar-refractivity contribution in [2.45, 2.75) is 6.04 Å². The topological polar surface area (TPSA) is 38.5 Å². The predicted octanol–water partition coefficient (Wildman–Crippen LogP) is 2.50. The summed E-state index contributed by atoms with van der Waals surface area (Å²) in [5, 5.41) is 2.44. The van der Waals surface area contributed by atoms with E-state index in [0.29, 0.717) is 4.99 Å². The van der Waals surface area contributed by atoms with Gasteiger partial charge in [0.15, 0.2) is 0 Å². The molecule has 1 heterocycles. The highest BCUT2D eigenvalue weighted by Crippen LogP contribution is 2.29. The zero-order valence-corrected chi connectivity index (χ0v) is 12.1. The molecule has 1 unspecified atom stereocenters. The largest absolute Gasteiger partial charge is 0.392 e. The van der Waals surface area contributed by atoms with Crippen LogP contribution in [0.2, 0.25) is 0 Å². The Morgan fingerprint density at radius 2 is 1.80 bits per heavy atom. The molecule has 0 radical (unpaired) electrons. The number of thiocarbonyl (C=S) groups is 1. The smallest absolute Gasteiger partial charge is 0.0948 e. The molecule has 20 heavy (non-hydrogen) atoms. The van der Waals surface area contributed by atoms with Gasteiger partial charge in [-0.2, -0.15) is 0 Å². The van der Waals surface area contributed by atoms with Crippen LogP contribution in [-0.4, -0.2) is 36.2 Å². The molecule has 1 atom stereocenters. The summed E-state index contributed by atoms with van der Waals surface area (Å²) in [4.78, 5) is 2.84. The number of hydrogen-bond acceptors (Lipinski definition) is 3. The normalized spacial score (nSPS) is 18.0. The number of rotatable bonds is 3. The average Bonchev–Trinajstić information content (AvgIpc) is 2.48. The lowest BCUT2D eigenvalue weighted by Gasteiger charge is -2.34. The van der Waals surface area contributed by atoms with Crippen LogP contribution in [0.4, 0.5) is 0 Å². The molecule has 0 saturated carbocycles. The standard InChI is InChI=1S/C16H18N2OS/c17-16(20)15(18-8-10-19-11-9-18)14-7-3-5-12-4-1-2-6-13(12)14/h1-7,15H,8-11H2,(H2,17,20). The number of nitrogens with zero attached hydrogens (tertiary/aromatic N) is 1. The predicted molar refractivity (Wildman–Crippen MR) is 85.9 cm³/mol. The molecule has 1 aliphatic rings. The molecule has 0 bridgehead atoms. The first-order chi connectivity index (χ1) is 9.77. The first-order valence-electron chi connectivity index (χ1n) is 6.86. The molecule has 0 aliphatic carbocycles. The van der Waals surface area contributed by atoms with Crippen molar-refractivity contribution >= 4 is 28.0 Å². The van der Waals surface area contributed by atoms with E-state index in [2.05, 4.69) is 47.4 Å². The highest BCUT2D eigenvalue weighted by atomic mass is 32.1. The molecular weight excluding hydrogens is 268 g/mol. The lowest BCUT2D eigenvalue weighted by atomic mass is 9.97. The Kier molecular flexibility index (Phi) is 3.96. The molecule has 3 rings (SSSR count).